The molecule has 0 aliphatic rings. The Labute approximate surface area is 142 Å². The maximum atomic E-state index is 10.5. The predicted octanol–water partition coefficient (Wildman–Crippen LogP) is 3.79. The molecule has 3 aromatic rings. The normalized spacial score (nSPS) is 12.6. The van der Waals surface area contributed by atoms with Gasteiger partial charge in [-0.3, -0.25) is 4.90 Å². The minimum absolute atomic E-state index is 0.446. The molecule has 1 aromatic carbocycles. The molecule has 1 atom stereocenters. The molecule has 0 aliphatic heterocycles. The highest BCUT2D eigenvalue weighted by atomic mass is 16.3. The zero-order valence-electron chi connectivity index (χ0n) is 13.9. The number of aryl methyl sites for hydroxylation is 1. The molecule has 2 aromatic heterocycles. The van der Waals surface area contributed by atoms with Crippen molar-refractivity contribution in [2.45, 2.75) is 32.5 Å². The lowest BCUT2D eigenvalue weighted by molar-refractivity contribution is 0.0959. The summed E-state index contributed by atoms with van der Waals surface area (Å²) < 4.78 is 11.1. The van der Waals surface area contributed by atoms with Gasteiger partial charge in [0.25, 0.3) is 0 Å². The van der Waals surface area contributed by atoms with Gasteiger partial charge in [-0.15, -0.1) is 0 Å². The van der Waals surface area contributed by atoms with Crippen molar-refractivity contribution < 1.29 is 13.9 Å². The van der Waals surface area contributed by atoms with E-state index in [1.807, 2.05) is 61.5 Å². The molecule has 0 bridgehead atoms. The standard InChI is InChI=1S/C20H23NO3/c1-16-9-10-20(24-16)15-21(14-19-8-5-11-23-19)13-18(22)12-17-6-3-2-4-7-17/h2-11,18,22H,12-15H2,1H3. The summed E-state index contributed by atoms with van der Waals surface area (Å²) in [6, 6.07) is 17.8. The van der Waals surface area contributed by atoms with Crippen molar-refractivity contribution >= 4 is 0 Å². The molecule has 4 nitrogen and oxygen atoms in total. The lowest BCUT2D eigenvalue weighted by Gasteiger charge is -2.23. The fraction of sp³-hybridized carbons (Fsp3) is 0.300. The largest absolute Gasteiger partial charge is 0.468 e. The van der Waals surface area contributed by atoms with E-state index >= 15 is 0 Å². The highest BCUT2D eigenvalue weighted by molar-refractivity contribution is 5.15. The van der Waals surface area contributed by atoms with Gasteiger partial charge >= 0.3 is 0 Å². The van der Waals surface area contributed by atoms with Gasteiger partial charge in [0.2, 0.25) is 0 Å². The highest BCUT2D eigenvalue weighted by Crippen LogP contribution is 2.14. The van der Waals surface area contributed by atoms with Gasteiger partial charge in [0.15, 0.2) is 0 Å². The molecule has 3 rings (SSSR count). The SMILES string of the molecule is Cc1ccc(CN(Cc2ccco2)CC(O)Cc2ccccc2)o1. The molecule has 0 radical (unpaired) electrons. The molecule has 0 saturated heterocycles. The zero-order valence-corrected chi connectivity index (χ0v) is 13.9. The third-order valence-electron chi connectivity index (χ3n) is 3.92. The van der Waals surface area contributed by atoms with Crippen molar-refractivity contribution in [2.75, 3.05) is 6.54 Å². The molecule has 1 unspecified atom stereocenters. The number of aliphatic hydroxyl groups is 1. The predicted molar refractivity (Wildman–Crippen MR) is 92.4 cm³/mol. The molecule has 0 amide bonds. The summed E-state index contributed by atoms with van der Waals surface area (Å²) in [6.07, 6.45) is 1.86. The number of furan rings is 2. The van der Waals surface area contributed by atoms with Crippen LogP contribution in [-0.2, 0) is 19.5 Å². The Kier molecular flexibility index (Phi) is 5.51. The molecular weight excluding hydrogens is 302 g/mol. The van der Waals surface area contributed by atoms with Gasteiger partial charge < -0.3 is 13.9 Å². The molecule has 0 spiro atoms. The summed E-state index contributed by atoms with van der Waals surface area (Å²) in [5.74, 6) is 2.67. The first-order chi connectivity index (χ1) is 11.7. The van der Waals surface area contributed by atoms with Crippen LogP contribution in [0.3, 0.4) is 0 Å². The lowest BCUT2D eigenvalue weighted by atomic mass is 10.1. The zero-order chi connectivity index (χ0) is 16.8. The summed E-state index contributed by atoms with van der Waals surface area (Å²) in [5, 5.41) is 10.5. The van der Waals surface area contributed by atoms with Crippen LogP contribution in [0.4, 0.5) is 0 Å². The van der Waals surface area contributed by atoms with Crippen LogP contribution in [0.15, 0.2) is 69.7 Å². The number of nitrogens with zero attached hydrogens (tertiary/aromatic N) is 1. The molecule has 0 fully saturated rings. The van der Waals surface area contributed by atoms with Crippen LogP contribution in [0.5, 0.6) is 0 Å². The van der Waals surface area contributed by atoms with Crippen LogP contribution in [0.1, 0.15) is 22.8 Å². The fourth-order valence-corrected chi connectivity index (χ4v) is 2.85. The minimum Gasteiger partial charge on any atom is -0.468 e. The lowest BCUT2D eigenvalue weighted by Crippen LogP contribution is -2.32. The van der Waals surface area contributed by atoms with E-state index in [0.29, 0.717) is 26.1 Å². The van der Waals surface area contributed by atoms with Crippen molar-refractivity contribution in [3.05, 3.63) is 83.7 Å². The van der Waals surface area contributed by atoms with Gasteiger partial charge in [-0.2, -0.15) is 0 Å². The summed E-state index contributed by atoms with van der Waals surface area (Å²) in [5.41, 5.74) is 1.14. The average molecular weight is 325 g/mol. The van der Waals surface area contributed by atoms with Crippen LogP contribution < -0.4 is 0 Å². The van der Waals surface area contributed by atoms with Crippen LogP contribution in [0.25, 0.3) is 0 Å². The minimum atomic E-state index is -0.446. The van der Waals surface area contributed by atoms with Gasteiger partial charge in [-0.25, -0.2) is 0 Å². The Morgan fingerprint density at radius 1 is 0.958 bits per heavy atom. The topological polar surface area (TPSA) is 49.8 Å². The van der Waals surface area contributed by atoms with E-state index in [1.165, 1.54) is 0 Å². The molecule has 24 heavy (non-hydrogen) atoms. The summed E-state index contributed by atoms with van der Waals surface area (Å²) in [7, 11) is 0. The van der Waals surface area contributed by atoms with Crippen molar-refractivity contribution in [3.8, 4) is 0 Å². The molecule has 0 saturated carbocycles. The number of hydrogen-bond donors (Lipinski definition) is 1. The Morgan fingerprint density at radius 2 is 1.75 bits per heavy atom. The van der Waals surface area contributed by atoms with E-state index in [1.54, 1.807) is 6.26 Å². The van der Waals surface area contributed by atoms with Gasteiger partial charge in [0, 0.05) is 6.54 Å². The smallest absolute Gasteiger partial charge is 0.118 e. The summed E-state index contributed by atoms with van der Waals surface area (Å²) >= 11 is 0. The maximum absolute atomic E-state index is 10.5. The molecule has 126 valence electrons. The van der Waals surface area contributed by atoms with Crippen molar-refractivity contribution in [1.82, 2.24) is 4.90 Å². The van der Waals surface area contributed by atoms with E-state index in [0.717, 1.165) is 22.8 Å². The van der Waals surface area contributed by atoms with Gasteiger partial charge in [-0.05, 0) is 43.2 Å². The third kappa shape index (κ3) is 4.85. The van der Waals surface area contributed by atoms with Crippen molar-refractivity contribution in [3.63, 3.8) is 0 Å². The molecule has 2 heterocycles. The van der Waals surface area contributed by atoms with Gasteiger partial charge in [-0.1, -0.05) is 30.3 Å². The average Bonchev–Trinajstić information content (AvgIpc) is 3.20. The quantitative estimate of drug-likeness (QED) is 0.684. The van der Waals surface area contributed by atoms with Gasteiger partial charge in [0.1, 0.15) is 17.3 Å². The first-order valence-corrected chi connectivity index (χ1v) is 8.21. The second-order valence-electron chi connectivity index (χ2n) is 6.10. The van der Waals surface area contributed by atoms with E-state index in [2.05, 4.69) is 4.90 Å². The van der Waals surface area contributed by atoms with Crippen molar-refractivity contribution in [1.29, 1.82) is 0 Å². The second kappa shape index (κ2) is 7.99. The van der Waals surface area contributed by atoms with Gasteiger partial charge in [0.05, 0.1) is 25.5 Å². The monoisotopic (exact) mass is 325 g/mol. The van der Waals surface area contributed by atoms with Crippen LogP contribution in [0.2, 0.25) is 0 Å². The third-order valence-corrected chi connectivity index (χ3v) is 3.92. The van der Waals surface area contributed by atoms with Crippen molar-refractivity contribution in [2.24, 2.45) is 0 Å². The van der Waals surface area contributed by atoms with Crippen LogP contribution >= 0.6 is 0 Å². The first kappa shape index (κ1) is 16.6. The second-order valence-corrected chi connectivity index (χ2v) is 6.10. The molecule has 1 N–H and O–H groups in total. The molecule has 0 aliphatic carbocycles. The number of aliphatic hydroxyl groups excluding tert-OH is 1. The van der Waals surface area contributed by atoms with E-state index in [-0.39, 0.29) is 0 Å². The first-order valence-electron chi connectivity index (χ1n) is 8.21. The fourth-order valence-electron chi connectivity index (χ4n) is 2.85. The Hall–Kier alpha value is -2.30. The Bertz CT molecular complexity index is 718. The van der Waals surface area contributed by atoms with E-state index in [9.17, 15) is 5.11 Å². The highest BCUT2D eigenvalue weighted by Gasteiger charge is 2.16. The van der Waals surface area contributed by atoms with E-state index < -0.39 is 6.10 Å². The van der Waals surface area contributed by atoms with E-state index in [4.69, 9.17) is 8.83 Å². The molecular formula is C20H23NO3. The van der Waals surface area contributed by atoms with Crippen LogP contribution in [-0.4, -0.2) is 22.7 Å². The number of rotatable bonds is 8. The van der Waals surface area contributed by atoms with Crippen LogP contribution in [0, 0.1) is 6.92 Å². The Balaban J connectivity index is 1.64. The molecule has 4 heteroatoms. The summed E-state index contributed by atoms with van der Waals surface area (Å²) in [6.45, 7) is 3.76. The number of benzene rings is 1. The Morgan fingerprint density at radius 3 is 2.42 bits per heavy atom. The summed E-state index contributed by atoms with van der Waals surface area (Å²) in [4.78, 5) is 2.14. The maximum Gasteiger partial charge on any atom is 0.118 e. The number of hydrogen-bond acceptors (Lipinski definition) is 4.